The van der Waals surface area contributed by atoms with E-state index in [1.807, 2.05) is 0 Å². The molecule has 0 amide bonds. The molecule has 0 bridgehead atoms. The third kappa shape index (κ3) is 3.51. The lowest BCUT2D eigenvalue weighted by Crippen LogP contribution is -2.25. The number of hydrogen-bond acceptors (Lipinski definition) is 4. The summed E-state index contributed by atoms with van der Waals surface area (Å²) in [6, 6.07) is 4.21. The highest BCUT2D eigenvalue weighted by atomic mass is 35.5. The minimum absolute atomic E-state index is 0.102. The standard InChI is InChI=1S/C11H14ClNO4S/c12-8-3-4-10(11(14)6-8)13-18(15,16)7-9-2-1-5-17-9/h3-4,6,9,13-14H,1-2,5,7H2. The van der Waals surface area contributed by atoms with Gasteiger partial charge in [0.1, 0.15) is 5.75 Å². The number of aromatic hydroxyl groups is 1. The van der Waals surface area contributed by atoms with Crippen LogP contribution < -0.4 is 4.72 Å². The van der Waals surface area contributed by atoms with Crippen molar-refractivity contribution >= 4 is 27.3 Å². The number of hydrogen-bond donors (Lipinski definition) is 2. The van der Waals surface area contributed by atoms with E-state index in [-0.39, 0.29) is 23.3 Å². The molecule has 1 atom stereocenters. The van der Waals surface area contributed by atoms with E-state index in [0.29, 0.717) is 11.6 Å². The maximum Gasteiger partial charge on any atom is 0.235 e. The predicted octanol–water partition coefficient (Wildman–Crippen LogP) is 1.97. The minimum atomic E-state index is -3.53. The van der Waals surface area contributed by atoms with Gasteiger partial charge >= 0.3 is 0 Å². The van der Waals surface area contributed by atoms with Crippen molar-refractivity contribution in [2.45, 2.75) is 18.9 Å². The highest BCUT2D eigenvalue weighted by Gasteiger charge is 2.23. The smallest absolute Gasteiger partial charge is 0.235 e. The lowest BCUT2D eigenvalue weighted by Gasteiger charge is -2.13. The Kier molecular flexibility index (Phi) is 3.99. The van der Waals surface area contributed by atoms with Crippen LogP contribution in [0.1, 0.15) is 12.8 Å². The third-order valence-electron chi connectivity index (χ3n) is 2.65. The minimum Gasteiger partial charge on any atom is -0.506 e. The van der Waals surface area contributed by atoms with Gasteiger partial charge in [0.2, 0.25) is 10.0 Å². The van der Waals surface area contributed by atoms with Gasteiger partial charge in [0, 0.05) is 17.7 Å². The molecule has 0 radical (unpaired) electrons. The molecule has 0 aromatic heterocycles. The SMILES string of the molecule is O=S(=O)(CC1CCCO1)Nc1ccc(Cl)cc1O. The molecule has 1 aliphatic rings. The molecule has 2 N–H and O–H groups in total. The van der Waals surface area contributed by atoms with Crippen molar-refractivity contribution in [1.82, 2.24) is 0 Å². The molecule has 1 unspecified atom stereocenters. The second-order valence-electron chi connectivity index (χ2n) is 4.18. The molecule has 7 heteroatoms. The van der Waals surface area contributed by atoms with Crippen molar-refractivity contribution in [2.75, 3.05) is 17.1 Å². The molecule has 0 saturated carbocycles. The first-order chi connectivity index (χ1) is 8.46. The number of nitrogens with one attached hydrogen (secondary N) is 1. The predicted molar refractivity (Wildman–Crippen MR) is 69.5 cm³/mol. The quantitative estimate of drug-likeness (QED) is 0.832. The molecule has 100 valence electrons. The summed E-state index contributed by atoms with van der Waals surface area (Å²) in [5.41, 5.74) is 0.123. The van der Waals surface area contributed by atoms with Crippen LogP contribution >= 0.6 is 11.6 Å². The molecule has 2 rings (SSSR count). The Bertz CT molecular complexity index is 526. The summed E-state index contributed by atoms with van der Waals surface area (Å²) in [5, 5.41) is 9.92. The van der Waals surface area contributed by atoms with E-state index >= 15 is 0 Å². The van der Waals surface area contributed by atoms with E-state index in [1.54, 1.807) is 0 Å². The molecule has 1 aliphatic heterocycles. The van der Waals surface area contributed by atoms with Crippen LogP contribution in [0.15, 0.2) is 18.2 Å². The van der Waals surface area contributed by atoms with Crippen LogP contribution in [0.3, 0.4) is 0 Å². The summed E-state index contributed by atoms with van der Waals surface area (Å²) in [4.78, 5) is 0. The summed E-state index contributed by atoms with van der Waals surface area (Å²) < 4.78 is 31.3. The number of benzene rings is 1. The number of anilines is 1. The van der Waals surface area contributed by atoms with Crippen LogP contribution in [-0.2, 0) is 14.8 Å². The Labute approximate surface area is 111 Å². The largest absolute Gasteiger partial charge is 0.506 e. The molecule has 1 saturated heterocycles. The first-order valence-corrected chi connectivity index (χ1v) is 7.60. The summed E-state index contributed by atoms with van der Waals surface area (Å²) in [7, 11) is -3.53. The summed E-state index contributed by atoms with van der Waals surface area (Å²) in [6.07, 6.45) is 1.36. The highest BCUT2D eigenvalue weighted by molar-refractivity contribution is 7.92. The normalized spacial score (nSPS) is 19.9. The molecule has 0 aliphatic carbocycles. The van der Waals surface area contributed by atoms with Gasteiger partial charge in [-0.25, -0.2) is 8.42 Å². The van der Waals surface area contributed by atoms with Crippen LogP contribution in [0.2, 0.25) is 5.02 Å². The van der Waals surface area contributed by atoms with Crippen LogP contribution in [0.5, 0.6) is 5.75 Å². The lowest BCUT2D eigenvalue weighted by molar-refractivity contribution is 0.127. The average molecular weight is 292 g/mol. The van der Waals surface area contributed by atoms with Crippen LogP contribution in [-0.4, -0.2) is 32.0 Å². The Morgan fingerprint density at radius 2 is 2.28 bits per heavy atom. The molecule has 0 spiro atoms. The number of phenols is 1. The monoisotopic (exact) mass is 291 g/mol. The van der Waals surface area contributed by atoms with Gasteiger partial charge in [-0.1, -0.05) is 11.6 Å². The maximum absolute atomic E-state index is 11.9. The zero-order valence-electron chi connectivity index (χ0n) is 9.60. The molecule has 1 aromatic carbocycles. The number of halogens is 1. The second kappa shape index (κ2) is 5.34. The van der Waals surface area contributed by atoms with E-state index in [0.717, 1.165) is 12.8 Å². The first kappa shape index (κ1) is 13.5. The fourth-order valence-electron chi connectivity index (χ4n) is 1.82. The molecular weight excluding hydrogens is 278 g/mol. The zero-order valence-corrected chi connectivity index (χ0v) is 11.2. The molecule has 1 heterocycles. The van der Waals surface area contributed by atoms with Crippen molar-refractivity contribution in [3.8, 4) is 5.75 Å². The fraction of sp³-hybridized carbons (Fsp3) is 0.455. The van der Waals surface area contributed by atoms with Gasteiger partial charge in [0.05, 0.1) is 17.5 Å². The zero-order chi connectivity index (χ0) is 13.2. The molecule has 18 heavy (non-hydrogen) atoms. The van der Waals surface area contributed by atoms with Crippen molar-refractivity contribution in [1.29, 1.82) is 0 Å². The second-order valence-corrected chi connectivity index (χ2v) is 6.38. The van der Waals surface area contributed by atoms with Crippen LogP contribution in [0.4, 0.5) is 5.69 Å². The number of phenolic OH excluding ortho intramolecular Hbond substituents is 1. The topological polar surface area (TPSA) is 75.6 Å². The Hall–Kier alpha value is -0.980. The van der Waals surface area contributed by atoms with E-state index in [1.165, 1.54) is 18.2 Å². The summed E-state index contributed by atoms with van der Waals surface area (Å²) in [6.45, 7) is 0.604. The highest BCUT2D eigenvalue weighted by Crippen LogP contribution is 2.27. The van der Waals surface area contributed by atoms with Crippen LogP contribution in [0, 0.1) is 0 Å². The lowest BCUT2D eigenvalue weighted by atomic mass is 10.3. The van der Waals surface area contributed by atoms with E-state index in [4.69, 9.17) is 16.3 Å². The molecule has 1 aromatic rings. The average Bonchev–Trinajstić information content (AvgIpc) is 2.74. The van der Waals surface area contributed by atoms with Crippen molar-refractivity contribution < 1.29 is 18.3 Å². The summed E-state index contributed by atoms with van der Waals surface area (Å²) in [5.74, 6) is -0.298. The van der Waals surface area contributed by atoms with E-state index in [2.05, 4.69) is 4.72 Å². The van der Waals surface area contributed by atoms with Crippen molar-refractivity contribution in [2.24, 2.45) is 0 Å². The van der Waals surface area contributed by atoms with Gasteiger partial charge in [0.25, 0.3) is 0 Å². The van der Waals surface area contributed by atoms with Gasteiger partial charge in [0.15, 0.2) is 0 Å². The van der Waals surface area contributed by atoms with Crippen LogP contribution in [0.25, 0.3) is 0 Å². The van der Waals surface area contributed by atoms with E-state index in [9.17, 15) is 13.5 Å². The van der Waals surface area contributed by atoms with Gasteiger partial charge in [-0.15, -0.1) is 0 Å². The van der Waals surface area contributed by atoms with Crippen molar-refractivity contribution in [3.05, 3.63) is 23.2 Å². The molecular formula is C11H14ClNO4S. The summed E-state index contributed by atoms with van der Waals surface area (Å²) >= 11 is 5.67. The number of ether oxygens (including phenoxy) is 1. The Morgan fingerprint density at radius 3 is 2.89 bits per heavy atom. The van der Waals surface area contributed by atoms with E-state index < -0.39 is 10.0 Å². The third-order valence-corrected chi connectivity index (χ3v) is 4.23. The van der Waals surface area contributed by atoms with Gasteiger partial charge in [-0.05, 0) is 25.0 Å². The Morgan fingerprint density at radius 1 is 1.50 bits per heavy atom. The van der Waals surface area contributed by atoms with Gasteiger partial charge in [-0.3, -0.25) is 4.72 Å². The Balaban J connectivity index is 2.07. The first-order valence-electron chi connectivity index (χ1n) is 5.57. The van der Waals surface area contributed by atoms with Gasteiger partial charge in [-0.2, -0.15) is 0 Å². The molecule has 5 nitrogen and oxygen atoms in total. The number of sulfonamides is 1. The van der Waals surface area contributed by atoms with Gasteiger partial charge < -0.3 is 9.84 Å². The number of rotatable bonds is 4. The van der Waals surface area contributed by atoms with Crippen molar-refractivity contribution in [3.63, 3.8) is 0 Å². The maximum atomic E-state index is 11.9. The fourth-order valence-corrected chi connectivity index (χ4v) is 3.33. The molecule has 1 fully saturated rings.